The Morgan fingerprint density at radius 2 is 1.72 bits per heavy atom. The first-order valence-electron chi connectivity index (χ1n) is 9.29. The highest BCUT2D eigenvalue weighted by molar-refractivity contribution is 7.98. The third-order valence-electron chi connectivity index (χ3n) is 4.51. The normalized spacial score (nSPS) is 10.8. The van der Waals surface area contributed by atoms with Crippen molar-refractivity contribution in [1.29, 1.82) is 0 Å². The van der Waals surface area contributed by atoms with Crippen LogP contribution in [-0.4, -0.2) is 22.6 Å². The molecule has 0 aliphatic carbocycles. The molecule has 0 aliphatic rings. The lowest BCUT2D eigenvalue weighted by Crippen LogP contribution is -2.19. The third-order valence-corrected chi connectivity index (χ3v) is 5.56. The van der Waals surface area contributed by atoms with Gasteiger partial charge in [-0.15, -0.1) is 0 Å². The summed E-state index contributed by atoms with van der Waals surface area (Å²) in [5.41, 5.74) is 3.70. The van der Waals surface area contributed by atoms with E-state index in [9.17, 15) is 4.79 Å². The standard InChI is InChI=1S/C23H21N3O2S/c1-28-21-14-8-6-12-19(21)24-22(27)15-26-20-13-7-5-11-18(20)25-23(26)29-16-17-9-3-2-4-10-17/h2-14H,15-16H2,1H3,(H,24,27). The summed E-state index contributed by atoms with van der Waals surface area (Å²) in [6, 6.07) is 25.5. The topological polar surface area (TPSA) is 56.1 Å². The number of hydrogen-bond donors (Lipinski definition) is 1. The maximum absolute atomic E-state index is 12.8. The molecule has 0 fully saturated rings. The SMILES string of the molecule is COc1ccccc1NC(=O)Cn1c(SCc2ccccc2)nc2ccccc21. The molecule has 1 amide bonds. The van der Waals surface area contributed by atoms with E-state index in [-0.39, 0.29) is 12.5 Å². The Labute approximate surface area is 173 Å². The van der Waals surface area contributed by atoms with Crippen LogP contribution in [0.2, 0.25) is 0 Å². The fourth-order valence-corrected chi connectivity index (χ4v) is 4.09. The van der Waals surface area contributed by atoms with Crippen molar-refractivity contribution in [2.24, 2.45) is 0 Å². The largest absolute Gasteiger partial charge is 0.495 e. The number of hydrogen-bond acceptors (Lipinski definition) is 4. The zero-order chi connectivity index (χ0) is 20.1. The lowest BCUT2D eigenvalue weighted by atomic mass is 10.2. The van der Waals surface area contributed by atoms with Gasteiger partial charge in [0.05, 0.1) is 23.8 Å². The molecular weight excluding hydrogens is 382 g/mol. The number of methoxy groups -OCH3 is 1. The highest BCUT2D eigenvalue weighted by Crippen LogP contribution is 2.27. The van der Waals surface area contributed by atoms with Gasteiger partial charge in [-0.25, -0.2) is 4.98 Å². The number of carbonyl (C=O) groups excluding carboxylic acids is 1. The Balaban J connectivity index is 1.57. The molecule has 0 atom stereocenters. The van der Waals surface area contributed by atoms with Gasteiger partial charge in [-0.2, -0.15) is 0 Å². The zero-order valence-corrected chi connectivity index (χ0v) is 16.9. The third kappa shape index (κ3) is 4.43. The second-order valence-electron chi connectivity index (χ2n) is 6.49. The quantitative estimate of drug-likeness (QED) is 0.442. The van der Waals surface area contributed by atoms with Gasteiger partial charge in [0, 0.05) is 5.75 Å². The highest BCUT2D eigenvalue weighted by atomic mass is 32.2. The van der Waals surface area contributed by atoms with Gasteiger partial charge in [0.25, 0.3) is 0 Å². The summed E-state index contributed by atoms with van der Waals surface area (Å²) in [4.78, 5) is 17.5. The van der Waals surface area contributed by atoms with E-state index in [1.54, 1.807) is 18.9 Å². The molecule has 146 valence electrons. The molecule has 6 heteroatoms. The number of amides is 1. The van der Waals surface area contributed by atoms with Crippen molar-refractivity contribution in [2.75, 3.05) is 12.4 Å². The average Bonchev–Trinajstić information content (AvgIpc) is 3.10. The molecular formula is C23H21N3O2S. The average molecular weight is 404 g/mol. The fourth-order valence-electron chi connectivity index (χ4n) is 3.12. The molecule has 0 bridgehead atoms. The Bertz CT molecular complexity index is 1130. The van der Waals surface area contributed by atoms with Gasteiger partial charge in [0.15, 0.2) is 5.16 Å². The van der Waals surface area contributed by atoms with Crippen molar-refractivity contribution >= 4 is 34.4 Å². The number of aromatic nitrogens is 2. The van der Waals surface area contributed by atoms with Crippen LogP contribution < -0.4 is 10.1 Å². The van der Waals surface area contributed by atoms with E-state index in [0.29, 0.717) is 11.4 Å². The van der Waals surface area contributed by atoms with Crippen LogP contribution >= 0.6 is 11.8 Å². The van der Waals surface area contributed by atoms with Crippen LogP contribution in [0.5, 0.6) is 5.75 Å². The number of anilines is 1. The number of carbonyl (C=O) groups is 1. The fraction of sp³-hybridized carbons (Fsp3) is 0.130. The monoisotopic (exact) mass is 403 g/mol. The highest BCUT2D eigenvalue weighted by Gasteiger charge is 2.15. The number of imidazole rings is 1. The van der Waals surface area contributed by atoms with Crippen molar-refractivity contribution in [3.63, 3.8) is 0 Å². The summed E-state index contributed by atoms with van der Waals surface area (Å²) in [5, 5.41) is 3.77. The lowest BCUT2D eigenvalue weighted by Gasteiger charge is -2.12. The first-order chi connectivity index (χ1) is 14.2. The number of rotatable bonds is 7. The molecule has 0 saturated carbocycles. The summed E-state index contributed by atoms with van der Waals surface area (Å²) in [6.07, 6.45) is 0. The molecule has 5 nitrogen and oxygen atoms in total. The first kappa shape index (κ1) is 19.1. The maximum Gasteiger partial charge on any atom is 0.244 e. The summed E-state index contributed by atoms with van der Waals surface area (Å²) >= 11 is 1.63. The van der Waals surface area contributed by atoms with E-state index >= 15 is 0 Å². The van der Waals surface area contributed by atoms with E-state index < -0.39 is 0 Å². The number of benzene rings is 3. The molecule has 3 aromatic carbocycles. The van der Waals surface area contributed by atoms with Crippen LogP contribution in [0.3, 0.4) is 0 Å². The van der Waals surface area contributed by atoms with E-state index in [1.807, 2.05) is 71.3 Å². The summed E-state index contributed by atoms with van der Waals surface area (Å²) in [5.74, 6) is 1.30. The molecule has 1 heterocycles. The van der Waals surface area contributed by atoms with Crippen molar-refractivity contribution in [3.8, 4) is 5.75 Å². The number of nitrogens with zero attached hydrogens (tertiary/aromatic N) is 2. The molecule has 0 radical (unpaired) electrons. The molecule has 0 saturated heterocycles. The maximum atomic E-state index is 12.8. The Morgan fingerprint density at radius 1 is 1.00 bits per heavy atom. The number of ether oxygens (including phenoxy) is 1. The Hall–Kier alpha value is -3.25. The molecule has 4 rings (SSSR count). The van der Waals surface area contributed by atoms with Crippen LogP contribution in [-0.2, 0) is 17.1 Å². The van der Waals surface area contributed by atoms with Gasteiger partial charge >= 0.3 is 0 Å². The number of nitrogens with one attached hydrogen (secondary N) is 1. The van der Waals surface area contributed by atoms with Gasteiger partial charge in [-0.05, 0) is 29.8 Å². The van der Waals surface area contributed by atoms with Crippen LogP contribution in [0.4, 0.5) is 5.69 Å². The molecule has 0 aliphatic heterocycles. The summed E-state index contributed by atoms with van der Waals surface area (Å²) in [7, 11) is 1.59. The van der Waals surface area contributed by atoms with Crippen molar-refractivity contribution < 1.29 is 9.53 Å². The van der Waals surface area contributed by atoms with E-state index in [4.69, 9.17) is 9.72 Å². The lowest BCUT2D eigenvalue weighted by molar-refractivity contribution is -0.116. The van der Waals surface area contributed by atoms with Crippen molar-refractivity contribution in [2.45, 2.75) is 17.5 Å². The molecule has 0 unspecified atom stereocenters. The molecule has 4 aromatic rings. The predicted octanol–water partition coefficient (Wildman–Crippen LogP) is 4.98. The minimum Gasteiger partial charge on any atom is -0.495 e. The minimum absolute atomic E-state index is 0.126. The van der Waals surface area contributed by atoms with E-state index in [1.165, 1.54) is 5.56 Å². The van der Waals surface area contributed by atoms with Gasteiger partial charge in [0.1, 0.15) is 12.3 Å². The van der Waals surface area contributed by atoms with Gasteiger partial charge in [0.2, 0.25) is 5.91 Å². The van der Waals surface area contributed by atoms with Gasteiger partial charge < -0.3 is 14.6 Å². The van der Waals surface area contributed by atoms with Gasteiger partial charge in [-0.1, -0.05) is 66.4 Å². The molecule has 0 spiro atoms. The first-order valence-corrected chi connectivity index (χ1v) is 10.3. The number of fused-ring (bicyclic) bond motifs is 1. The number of thioether (sulfide) groups is 1. The predicted molar refractivity (Wildman–Crippen MR) is 117 cm³/mol. The van der Waals surface area contributed by atoms with Gasteiger partial charge in [-0.3, -0.25) is 4.79 Å². The molecule has 1 aromatic heterocycles. The zero-order valence-electron chi connectivity index (χ0n) is 16.0. The second-order valence-corrected chi connectivity index (χ2v) is 7.43. The minimum atomic E-state index is -0.126. The van der Waals surface area contributed by atoms with Crippen LogP contribution in [0.25, 0.3) is 11.0 Å². The van der Waals surface area contributed by atoms with E-state index in [0.717, 1.165) is 21.9 Å². The van der Waals surface area contributed by atoms with Crippen molar-refractivity contribution in [3.05, 3.63) is 84.4 Å². The molecule has 29 heavy (non-hydrogen) atoms. The smallest absolute Gasteiger partial charge is 0.244 e. The Morgan fingerprint density at radius 3 is 2.55 bits per heavy atom. The van der Waals surface area contributed by atoms with Crippen LogP contribution in [0, 0.1) is 0 Å². The molecule has 1 N–H and O–H groups in total. The second kappa shape index (κ2) is 8.84. The summed E-state index contributed by atoms with van der Waals surface area (Å²) < 4.78 is 7.29. The number of para-hydroxylation sites is 4. The van der Waals surface area contributed by atoms with Crippen LogP contribution in [0.1, 0.15) is 5.56 Å². The Kier molecular flexibility index (Phi) is 5.81. The summed E-state index contributed by atoms with van der Waals surface area (Å²) in [6.45, 7) is 0.176. The van der Waals surface area contributed by atoms with E-state index in [2.05, 4.69) is 17.4 Å². The van der Waals surface area contributed by atoms with Crippen molar-refractivity contribution in [1.82, 2.24) is 9.55 Å². The van der Waals surface area contributed by atoms with Crippen LogP contribution in [0.15, 0.2) is 84.0 Å².